The molecule has 1 aliphatic rings. The van der Waals surface area contributed by atoms with E-state index in [0.29, 0.717) is 35.6 Å². The van der Waals surface area contributed by atoms with Crippen molar-refractivity contribution >= 4 is 32.5 Å². The van der Waals surface area contributed by atoms with E-state index < -0.39 is 11.2 Å². The Morgan fingerprint density at radius 1 is 1.11 bits per heavy atom. The molecule has 3 heterocycles. The molecule has 4 aromatic rings. The third-order valence-corrected chi connectivity index (χ3v) is 6.35. The van der Waals surface area contributed by atoms with Gasteiger partial charge in [0.25, 0.3) is 5.91 Å². The summed E-state index contributed by atoms with van der Waals surface area (Å²) in [6.07, 6.45) is 3.52. The van der Waals surface area contributed by atoms with Crippen molar-refractivity contribution in [1.29, 1.82) is 0 Å². The molecule has 184 valence electrons. The quantitative estimate of drug-likeness (QED) is 0.276. The number of halogens is 1. The number of rotatable bonds is 8. The Kier molecular flexibility index (Phi) is 6.54. The zero-order valence-electron chi connectivity index (χ0n) is 20.9. The first kappa shape index (κ1) is 25.0. The van der Waals surface area contributed by atoms with Gasteiger partial charge in [-0.15, -0.1) is 0 Å². The minimum absolute atomic E-state index is 0.0954. The summed E-state index contributed by atoms with van der Waals surface area (Å²) >= 11 is 0. The molecule has 0 unspecified atom stereocenters. The fourth-order valence-electron chi connectivity index (χ4n) is 4.55. The van der Waals surface area contributed by atoms with Crippen molar-refractivity contribution in [3.63, 3.8) is 0 Å². The highest BCUT2D eigenvalue weighted by Crippen LogP contribution is 2.37. The van der Waals surface area contributed by atoms with Gasteiger partial charge in [0.05, 0.1) is 39.7 Å². The Morgan fingerprint density at radius 2 is 1.92 bits per heavy atom. The second-order valence-corrected chi connectivity index (χ2v) is 9.37. The van der Waals surface area contributed by atoms with Gasteiger partial charge in [0, 0.05) is 42.3 Å². The molecule has 4 radical (unpaired) electrons. The number of aryl methyl sites for hydroxylation is 1. The molecule has 0 atom stereocenters. The van der Waals surface area contributed by atoms with Gasteiger partial charge < -0.3 is 14.4 Å². The Labute approximate surface area is 217 Å². The summed E-state index contributed by atoms with van der Waals surface area (Å²) in [6.45, 7) is 4.70. The van der Waals surface area contributed by atoms with E-state index in [4.69, 9.17) is 25.2 Å². The van der Waals surface area contributed by atoms with Crippen molar-refractivity contribution in [3.05, 3.63) is 77.5 Å². The van der Waals surface area contributed by atoms with E-state index in [-0.39, 0.29) is 29.8 Å². The summed E-state index contributed by atoms with van der Waals surface area (Å²) in [7, 11) is 14.3. The van der Waals surface area contributed by atoms with E-state index in [1.165, 1.54) is 17.2 Å². The number of carbonyl (C=O) groups is 1. The van der Waals surface area contributed by atoms with Gasteiger partial charge >= 0.3 is 0 Å². The highest BCUT2D eigenvalue weighted by Gasteiger charge is 2.43. The monoisotopic (exact) mass is 494 g/mol. The van der Waals surface area contributed by atoms with Gasteiger partial charge in [-0.05, 0) is 55.3 Å². The van der Waals surface area contributed by atoms with Gasteiger partial charge in [0.2, 0.25) is 0 Å². The smallest absolute Gasteiger partial charge is 0.255 e. The lowest BCUT2D eigenvalue weighted by molar-refractivity contribution is 0.0555. The summed E-state index contributed by atoms with van der Waals surface area (Å²) in [5.74, 6) is -0.233. The first-order chi connectivity index (χ1) is 17.7. The number of hydrogen-bond acceptors (Lipinski definition) is 5. The maximum absolute atomic E-state index is 15.4. The van der Waals surface area contributed by atoms with Gasteiger partial charge in [0.15, 0.2) is 0 Å². The normalized spacial score (nSPS) is 14.5. The molecule has 0 fully saturated rings. The lowest BCUT2D eigenvalue weighted by atomic mass is 9.59. The number of nitrogens with zero attached hydrogens (tertiary/aromatic N) is 4. The molecule has 37 heavy (non-hydrogen) atoms. The number of fused-ring (bicyclic) bond motifs is 2. The van der Waals surface area contributed by atoms with Gasteiger partial charge in [-0.25, -0.2) is 4.39 Å². The second-order valence-electron chi connectivity index (χ2n) is 9.37. The Balaban J connectivity index is 1.41. The molecule has 0 saturated carbocycles. The van der Waals surface area contributed by atoms with Crippen molar-refractivity contribution < 1.29 is 18.7 Å². The molecule has 5 rings (SSSR count). The van der Waals surface area contributed by atoms with E-state index >= 15 is 4.39 Å². The fraction of sp³-hybridized carbons (Fsp3) is 0.296. The molecular formula is C27H25B2FN4O3. The molecule has 10 heteroatoms. The van der Waals surface area contributed by atoms with Crippen LogP contribution in [-0.4, -0.2) is 60.6 Å². The molecule has 1 aliphatic heterocycles. The van der Waals surface area contributed by atoms with Gasteiger partial charge in [-0.1, -0.05) is 12.1 Å². The van der Waals surface area contributed by atoms with Crippen LogP contribution in [0.5, 0.6) is 5.75 Å². The maximum atomic E-state index is 15.4. The number of pyridine rings is 1. The third-order valence-electron chi connectivity index (χ3n) is 6.35. The minimum atomic E-state index is -1.63. The molecule has 0 bridgehead atoms. The standard InChI is InChI=1S/C27H25B2FN4O3/c1-16(2)36-11-12-37-23-9-8-19(21-15-33(3)32-24(21)23)17-6-7-18(22(30)13-17)14-34-26(35)20-5-4-10-31-25(20)27(34,28)29/h4-10,13,15-16H,11-12,14H2,1-3H3. The van der Waals surface area contributed by atoms with E-state index in [2.05, 4.69) is 10.1 Å². The maximum Gasteiger partial charge on any atom is 0.255 e. The molecule has 0 N–H and O–H groups in total. The van der Waals surface area contributed by atoms with Crippen LogP contribution in [-0.2, 0) is 23.7 Å². The summed E-state index contributed by atoms with van der Waals surface area (Å²) in [6, 6.07) is 11.8. The molecule has 0 spiro atoms. The summed E-state index contributed by atoms with van der Waals surface area (Å²) < 4.78 is 28.5. The van der Waals surface area contributed by atoms with Crippen molar-refractivity contribution in [2.45, 2.75) is 31.8 Å². The SMILES string of the molecule is [B]C1([B])c2ncccc2C(=O)N1Cc1ccc(-c2ccc(OCCOC(C)C)c3nn(C)cc23)cc1F. The number of ether oxygens (including phenoxy) is 2. The molecule has 1 amide bonds. The van der Waals surface area contributed by atoms with Gasteiger partial charge in [-0.2, -0.15) is 5.10 Å². The van der Waals surface area contributed by atoms with Crippen molar-refractivity contribution in [1.82, 2.24) is 19.7 Å². The van der Waals surface area contributed by atoms with Gasteiger partial charge in [0.1, 0.15) is 23.7 Å². The Hall–Kier alpha value is -3.65. The van der Waals surface area contributed by atoms with Crippen LogP contribution in [0.4, 0.5) is 4.39 Å². The van der Waals surface area contributed by atoms with Crippen LogP contribution in [0.1, 0.15) is 35.5 Å². The second kappa shape index (κ2) is 9.67. The Morgan fingerprint density at radius 3 is 2.65 bits per heavy atom. The number of amides is 1. The van der Waals surface area contributed by atoms with Gasteiger partial charge in [-0.3, -0.25) is 14.5 Å². The van der Waals surface area contributed by atoms with Crippen LogP contribution >= 0.6 is 0 Å². The largest absolute Gasteiger partial charge is 0.489 e. The van der Waals surface area contributed by atoms with Crippen molar-refractivity contribution in [2.24, 2.45) is 7.05 Å². The lowest BCUT2D eigenvalue weighted by Crippen LogP contribution is -2.44. The van der Waals surface area contributed by atoms with Crippen LogP contribution in [0.2, 0.25) is 0 Å². The average Bonchev–Trinajstić information content (AvgIpc) is 3.34. The number of hydrogen-bond donors (Lipinski definition) is 0. The zero-order valence-corrected chi connectivity index (χ0v) is 20.9. The first-order valence-corrected chi connectivity index (χ1v) is 12.0. The van der Waals surface area contributed by atoms with E-state index in [1.807, 2.05) is 39.2 Å². The van der Waals surface area contributed by atoms with E-state index in [0.717, 1.165) is 10.9 Å². The first-order valence-electron chi connectivity index (χ1n) is 12.0. The molecule has 2 aromatic heterocycles. The molecule has 0 aliphatic carbocycles. The molecular weight excluding hydrogens is 469 g/mol. The molecule has 7 nitrogen and oxygen atoms in total. The van der Waals surface area contributed by atoms with Crippen LogP contribution < -0.4 is 4.74 Å². The van der Waals surface area contributed by atoms with Crippen molar-refractivity contribution in [2.75, 3.05) is 13.2 Å². The van der Waals surface area contributed by atoms with E-state index in [9.17, 15) is 4.79 Å². The number of carbonyl (C=O) groups excluding carboxylic acids is 1. The van der Waals surface area contributed by atoms with Crippen LogP contribution in [0.15, 0.2) is 54.9 Å². The van der Waals surface area contributed by atoms with Crippen LogP contribution in [0, 0.1) is 5.82 Å². The highest BCUT2D eigenvalue weighted by molar-refractivity contribution is 6.42. The van der Waals surface area contributed by atoms with Crippen LogP contribution in [0.25, 0.3) is 22.0 Å². The summed E-state index contributed by atoms with van der Waals surface area (Å²) in [5, 5.41) is 3.75. The summed E-state index contributed by atoms with van der Waals surface area (Å²) in [5.41, 5.74) is 3.03. The third kappa shape index (κ3) is 4.62. The van der Waals surface area contributed by atoms with Crippen molar-refractivity contribution in [3.8, 4) is 16.9 Å². The lowest BCUT2D eigenvalue weighted by Gasteiger charge is -2.33. The zero-order chi connectivity index (χ0) is 26.3. The van der Waals surface area contributed by atoms with Crippen LogP contribution in [0.3, 0.4) is 0 Å². The molecule has 0 saturated heterocycles. The highest BCUT2D eigenvalue weighted by atomic mass is 19.1. The molecule has 2 aromatic carbocycles. The average molecular weight is 494 g/mol. The predicted molar refractivity (Wildman–Crippen MR) is 140 cm³/mol. The van der Waals surface area contributed by atoms with E-state index in [1.54, 1.807) is 28.9 Å². The minimum Gasteiger partial charge on any atom is -0.489 e. The topological polar surface area (TPSA) is 69.5 Å². The number of aromatic nitrogens is 3. The summed E-state index contributed by atoms with van der Waals surface area (Å²) in [4.78, 5) is 18.3. The fourth-order valence-corrected chi connectivity index (χ4v) is 4.55. The predicted octanol–water partition coefficient (Wildman–Crippen LogP) is 3.68. The Bertz CT molecular complexity index is 1490. The number of benzene rings is 2.